The molecule has 4 rings (SSSR count). The molecule has 1 aromatic carbocycles. The Morgan fingerprint density at radius 1 is 1.03 bits per heavy atom. The summed E-state index contributed by atoms with van der Waals surface area (Å²) in [6.45, 7) is 5.11. The van der Waals surface area contributed by atoms with Gasteiger partial charge in [0, 0.05) is 50.6 Å². The number of pyridine rings is 1. The van der Waals surface area contributed by atoms with Gasteiger partial charge in [-0.15, -0.1) is 0 Å². The number of anilines is 1. The van der Waals surface area contributed by atoms with Gasteiger partial charge in [0.1, 0.15) is 11.5 Å². The molecule has 2 aromatic rings. The molecule has 1 aromatic heterocycles. The molecule has 2 amide bonds. The van der Waals surface area contributed by atoms with Gasteiger partial charge in [0.2, 0.25) is 0 Å². The van der Waals surface area contributed by atoms with E-state index in [9.17, 15) is 22.4 Å². The fraction of sp³-hybridized carbons (Fsp3) is 0.478. The summed E-state index contributed by atoms with van der Waals surface area (Å²) in [6, 6.07) is 8.58. The standard InChI is InChI=1S/C23H27F4N5O/c24-18-2-1-3-19(14-18)29-22(33)32-12-10-31(11-13-32)20-6-8-30(9-7-20)16-17-4-5-21(28-15-17)23(25,26)27/h1-5,14-15,20H,6-13,16H2,(H,29,33). The second-order valence-electron chi connectivity index (χ2n) is 8.52. The molecule has 0 unspecified atom stereocenters. The van der Waals surface area contributed by atoms with E-state index in [0.717, 1.165) is 50.7 Å². The molecule has 0 radical (unpaired) electrons. The largest absolute Gasteiger partial charge is 0.433 e. The van der Waals surface area contributed by atoms with Gasteiger partial charge in [-0.25, -0.2) is 9.18 Å². The highest BCUT2D eigenvalue weighted by Crippen LogP contribution is 2.27. The molecule has 33 heavy (non-hydrogen) atoms. The number of urea groups is 1. The van der Waals surface area contributed by atoms with Crippen LogP contribution in [0.3, 0.4) is 0 Å². The Kier molecular flexibility index (Phi) is 7.14. The lowest BCUT2D eigenvalue weighted by atomic mass is 10.0. The minimum atomic E-state index is -4.42. The molecule has 6 nitrogen and oxygen atoms in total. The molecule has 0 spiro atoms. The van der Waals surface area contributed by atoms with E-state index in [4.69, 9.17) is 0 Å². The maximum absolute atomic E-state index is 13.3. The van der Waals surface area contributed by atoms with E-state index >= 15 is 0 Å². The summed E-state index contributed by atoms with van der Waals surface area (Å²) in [6.07, 6.45) is -1.16. The van der Waals surface area contributed by atoms with Crippen molar-refractivity contribution in [3.8, 4) is 0 Å². The molecule has 2 fully saturated rings. The van der Waals surface area contributed by atoms with E-state index in [1.807, 2.05) is 0 Å². The molecule has 10 heteroatoms. The molecule has 2 aliphatic rings. The number of benzene rings is 1. The highest BCUT2D eigenvalue weighted by Gasteiger charge is 2.32. The van der Waals surface area contributed by atoms with Gasteiger partial charge in [0.25, 0.3) is 0 Å². The third kappa shape index (κ3) is 6.20. The Bertz CT molecular complexity index is 937. The zero-order valence-corrected chi connectivity index (χ0v) is 18.2. The van der Waals surface area contributed by atoms with Gasteiger partial charge >= 0.3 is 12.2 Å². The molecule has 1 N–H and O–H groups in total. The van der Waals surface area contributed by atoms with Crippen molar-refractivity contribution in [2.24, 2.45) is 0 Å². The summed E-state index contributed by atoms with van der Waals surface area (Å²) in [5.41, 5.74) is 0.353. The van der Waals surface area contributed by atoms with Crippen molar-refractivity contribution in [1.82, 2.24) is 19.7 Å². The lowest BCUT2D eigenvalue weighted by Gasteiger charge is -2.42. The second kappa shape index (κ2) is 10.0. The van der Waals surface area contributed by atoms with Crippen molar-refractivity contribution in [2.45, 2.75) is 31.6 Å². The van der Waals surface area contributed by atoms with E-state index in [1.165, 1.54) is 24.4 Å². The predicted molar refractivity (Wildman–Crippen MR) is 116 cm³/mol. The lowest BCUT2D eigenvalue weighted by Crippen LogP contribution is -2.54. The number of rotatable bonds is 4. The van der Waals surface area contributed by atoms with Gasteiger partial charge in [0.05, 0.1) is 0 Å². The van der Waals surface area contributed by atoms with Crippen LogP contribution in [0.25, 0.3) is 0 Å². The minimum absolute atomic E-state index is 0.222. The molecule has 2 saturated heterocycles. The van der Waals surface area contributed by atoms with E-state index in [-0.39, 0.29) is 6.03 Å². The Morgan fingerprint density at radius 2 is 1.76 bits per heavy atom. The van der Waals surface area contributed by atoms with Gasteiger partial charge < -0.3 is 10.2 Å². The van der Waals surface area contributed by atoms with Crippen molar-refractivity contribution in [1.29, 1.82) is 0 Å². The first-order chi connectivity index (χ1) is 15.8. The highest BCUT2D eigenvalue weighted by atomic mass is 19.4. The fourth-order valence-electron chi connectivity index (χ4n) is 4.45. The first kappa shape index (κ1) is 23.4. The molecular formula is C23H27F4N5O. The topological polar surface area (TPSA) is 51.7 Å². The van der Waals surface area contributed by atoms with Crippen molar-refractivity contribution in [2.75, 3.05) is 44.6 Å². The van der Waals surface area contributed by atoms with Crippen LogP contribution < -0.4 is 5.32 Å². The normalized spacial score (nSPS) is 19.0. The Balaban J connectivity index is 1.20. The minimum Gasteiger partial charge on any atom is -0.322 e. The number of likely N-dealkylation sites (tertiary alicyclic amines) is 1. The highest BCUT2D eigenvalue weighted by molar-refractivity contribution is 5.89. The summed E-state index contributed by atoms with van der Waals surface area (Å²) in [7, 11) is 0. The van der Waals surface area contributed by atoms with Gasteiger partial charge in [-0.05, 0) is 55.8 Å². The number of alkyl halides is 3. The number of piperidine rings is 1. The number of aromatic nitrogens is 1. The number of halogens is 4. The number of carbonyl (C=O) groups excluding carboxylic acids is 1. The Morgan fingerprint density at radius 3 is 2.36 bits per heavy atom. The van der Waals surface area contributed by atoms with Crippen LogP contribution in [0.15, 0.2) is 42.6 Å². The van der Waals surface area contributed by atoms with Gasteiger partial charge in [-0.1, -0.05) is 12.1 Å². The summed E-state index contributed by atoms with van der Waals surface area (Å²) in [5, 5.41) is 2.74. The van der Waals surface area contributed by atoms with Crippen LogP contribution in [0.2, 0.25) is 0 Å². The third-order valence-corrected chi connectivity index (χ3v) is 6.27. The van der Waals surface area contributed by atoms with Crippen molar-refractivity contribution in [3.63, 3.8) is 0 Å². The predicted octanol–water partition coefficient (Wildman–Crippen LogP) is 4.05. The SMILES string of the molecule is O=C(Nc1cccc(F)c1)N1CCN(C2CCN(Cc3ccc(C(F)(F)F)nc3)CC2)CC1. The zero-order chi connectivity index (χ0) is 23.4. The van der Waals surface area contributed by atoms with Crippen molar-refractivity contribution < 1.29 is 22.4 Å². The summed E-state index contributed by atoms with van der Waals surface area (Å²) in [4.78, 5) is 22.4. The summed E-state index contributed by atoms with van der Waals surface area (Å²) >= 11 is 0. The van der Waals surface area contributed by atoms with Crippen LogP contribution in [0.5, 0.6) is 0 Å². The van der Waals surface area contributed by atoms with E-state index in [1.54, 1.807) is 17.0 Å². The molecule has 3 heterocycles. The van der Waals surface area contributed by atoms with E-state index in [2.05, 4.69) is 20.1 Å². The first-order valence-electron chi connectivity index (χ1n) is 11.1. The molecule has 0 aliphatic carbocycles. The number of nitrogens with one attached hydrogen (secondary N) is 1. The zero-order valence-electron chi connectivity index (χ0n) is 18.2. The maximum atomic E-state index is 13.3. The van der Waals surface area contributed by atoms with Gasteiger partial charge in [0.15, 0.2) is 0 Å². The van der Waals surface area contributed by atoms with Crippen LogP contribution in [0.4, 0.5) is 28.0 Å². The molecule has 0 bridgehead atoms. The molecule has 2 aliphatic heterocycles. The Hall–Kier alpha value is -2.72. The van der Waals surface area contributed by atoms with E-state index in [0.29, 0.717) is 31.4 Å². The number of hydrogen-bond donors (Lipinski definition) is 1. The van der Waals surface area contributed by atoms with Crippen LogP contribution in [-0.2, 0) is 12.7 Å². The smallest absolute Gasteiger partial charge is 0.322 e. The van der Waals surface area contributed by atoms with Gasteiger partial charge in [-0.2, -0.15) is 13.2 Å². The maximum Gasteiger partial charge on any atom is 0.433 e. The number of amides is 2. The van der Waals surface area contributed by atoms with Crippen LogP contribution >= 0.6 is 0 Å². The molecule has 0 saturated carbocycles. The Labute approximate surface area is 190 Å². The first-order valence-corrected chi connectivity index (χ1v) is 11.1. The molecular weight excluding hydrogens is 438 g/mol. The quantitative estimate of drug-likeness (QED) is 0.693. The van der Waals surface area contributed by atoms with Gasteiger partial charge in [-0.3, -0.25) is 14.8 Å². The monoisotopic (exact) mass is 465 g/mol. The lowest BCUT2D eigenvalue weighted by molar-refractivity contribution is -0.141. The number of carbonyl (C=O) groups is 1. The fourth-order valence-corrected chi connectivity index (χ4v) is 4.45. The molecule has 178 valence electrons. The van der Waals surface area contributed by atoms with E-state index < -0.39 is 17.7 Å². The van der Waals surface area contributed by atoms with Crippen molar-refractivity contribution in [3.05, 3.63) is 59.7 Å². The van der Waals surface area contributed by atoms with Crippen LogP contribution in [-0.4, -0.2) is 71.0 Å². The average Bonchev–Trinajstić information content (AvgIpc) is 2.79. The number of hydrogen-bond acceptors (Lipinski definition) is 4. The molecule has 0 atom stereocenters. The van der Waals surface area contributed by atoms with Crippen LogP contribution in [0.1, 0.15) is 24.1 Å². The second-order valence-corrected chi connectivity index (χ2v) is 8.52. The third-order valence-electron chi connectivity index (χ3n) is 6.27. The number of nitrogens with zero attached hydrogens (tertiary/aromatic N) is 4. The summed E-state index contributed by atoms with van der Waals surface area (Å²) < 4.78 is 51.3. The number of piperazine rings is 1. The van der Waals surface area contributed by atoms with Crippen LogP contribution in [0, 0.1) is 5.82 Å². The average molecular weight is 465 g/mol. The van der Waals surface area contributed by atoms with Crippen molar-refractivity contribution >= 4 is 11.7 Å². The summed E-state index contributed by atoms with van der Waals surface area (Å²) in [5.74, 6) is -0.390.